The summed E-state index contributed by atoms with van der Waals surface area (Å²) in [6, 6.07) is 31.3. The lowest BCUT2D eigenvalue weighted by atomic mass is 9.91. The molecule has 1 amide bonds. The third-order valence-corrected chi connectivity index (χ3v) is 6.92. The van der Waals surface area contributed by atoms with Gasteiger partial charge < -0.3 is 5.11 Å². The number of carboxylic acid groups (broad SMARTS) is 1. The van der Waals surface area contributed by atoms with Crippen LogP contribution < -0.4 is 0 Å². The van der Waals surface area contributed by atoms with E-state index < -0.39 is 11.6 Å². The van der Waals surface area contributed by atoms with Crippen molar-refractivity contribution < 1.29 is 9.90 Å². The fraction of sp³-hybridized carbons (Fsp3) is 0.382. The molecular formula is C34H43NO2. The molecule has 37 heavy (non-hydrogen) atoms. The van der Waals surface area contributed by atoms with Crippen LogP contribution in [-0.2, 0) is 19.3 Å². The van der Waals surface area contributed by atoms with Crippen molar-refractivity contribution in [3.63, 3.8) is 0 Å². The minimum atomic E-state index is -0.872. The van der Waals surface area contributed by atoms with E-state index in [4.69, 9.17) is 0 Å². The van der Waals surface area contributed by atoms with Gasteiger partial charge in [-0.3, -0.25) is 4.90 Å². The molecule has 3 nitrogen and oxygen atoms in total. The lowest BCUT2D eigenvalue weighted by Gasteiger charge is -2.38. The number of allylic oxidation sites excluding steroid dienone is 1. The summed E-state index contributed by atoms with van der Waals surface area (Å²) in [5.74, 6) is 0.418. The number of hydrogen-bond donors (Lipinski definition) is 1. The van der Waals surface area contributed by atoms with Gasteiger partial charge in [0.05, 0.1) is 6.04 Å². The van der Waals surface area contributed by atoms with Crippen molar-refractivity contribution in [2.75, 3.05) is 0 Å². The van der Waals surface area contributed by atoms with Gasteiger partial charge in [0.2, 0.25) is 0 Å². The summed E-state index contributed by atoms with van der Waals surface area (Å²) in [4.78, 5) is 14.0. The Morgan fingerprint density at radius 3 is 1.57 bits per heavy atom. The van der Waals surface area contributed by atoms with Gasteiger partial charge in [-0.05, 0) is 88.3 Å². The Bertz CT molecular complexity index is 1030. The van der Waals surface area contributed by atoms with Crippen molar-refractivity contribution >= 4 is 6.09 Å². The van der Waals surface area contributed by atoms with Crippen molar-refractivity contribution in [3.05, 3.63) is 120 Å². The van der Waals surface area contributed by atoms with Crippen molar-refractivity contribution in [1.29, 1.82) is 0 Å². The highest BCUT2D eigenvalue weighted by Gasteiger charge is 2.32. The number of amides is 1. The van der Waals surface area contributed by atoms with Crippen LogP contribution in [0.3, 0.4) is 0 Å². The summed E-state index contributed by atoms with van der Waals surface area (Å²) in [5, 5.41) is 10.1. The predicted octanol–water partition coefficient (Wildman–Crippen LogP) is 8.59. The lowest BCUT2D eigenvalue weighted by Crippen LogP contribution is -2.51. The third kappa shape index (κ3) is 9.92. The van der Waals surface area contributed by atoms with Gasteiger partial charge in [-0.2, -0.15) is 0 Å². The lowest BCUT2D eigenvalue weighted by molar-refractivity contribution is 0.0830. The van der Waals surface area contributed by atoms with Gasteiger partial charge in [-0.15, -0.1) is 0 Å². The molecule has 0 aliphatic rings. The van der Waals surface area contributed by atoms with Gasteiger partial charge in [-0.1, -0.05) is 103 Å². The quantitative estimate of drug-likeness (QED) is 0.240. The second-order valence-electron chi connectivity index (χ2n) is 11.0. The summed E-state index contributed by atoms with van der Waals surface area (Å²) in [6.07, 6.45) is 10.9. The number of rotatable bonds is 13. The van der Waals surface area contributed by atoms with Crippen LogP contribution in [0.15, 0.2) is 103 Å². The molecule has 0 aliphatic carbocycles. The summed E-state index contributed by atoms with van der Waals surface area (Å²) >= 11 is 0. The van der Waals surface area contributed by atoms with Crippen molar-refractivity contribution in [2.45, 2.75) is 77.3 Å². The molecule has 3 aromatic carbocycles. The second-order valence-corrected chi connectivity index (χ2v) is 11.0. The average Bonchev–Trinajstić information content (AvgIpc) is 2.87. The highest BCUT2D eigenvalue weighted by Crippen LogP contribution is 2.24. The van der Waals surface area contributed by atoms with Crippen molar-refractivity contribution in [1.82, 2.24) is 4.90 Å². The van der Waals surface area contributed by atoms with E-state index in [1.807, 2.05) is 39.0 Å². The Morgan fingerprint density at radius 2 is 1.16 bits per heavy atom. The SMILES string of the molecule is CC(C)(C)N(C(=O)O)C(C=CC(CCCc1ccccc1)CCCc1ccccc1)Cc1ccccc1. The van der Waals surface area contributed by atoms with Gasteiger partial charge in [0.15, 0.2) is 0 Å². The molecule has 0 bridgehead atoms. The molecule has 0 aliphatic heterocycles. The Balaban J connectivity index is 1.75. The molecule has 1 N–H and O–H groups in total. The fourth-order valence-corrected chi connectivity index (χ4v) is 5.08. The molecule has 196 valence electrons. The Labute approximate surface area is 223 Å². The monoisotopic (exact) mass is 497 g/mol. The third-order valence-electron chi connectivity index (χ3n) is 6.92. The highest BCUT2D eigenvalue weighted by molar-refractivity contribution is 5.67. The van der Waals surface area contributed by atoms with E-state index in [1.165, 1.54) is 11.1 Å². The number of nitrogens with zero attached hydrogens (tertiary/aromatic N) is 1. The van der Waals surface area contributed by atoms with E-state index in [-0.39, 0.29) is 6.04 Å². The molecule has 0 fully saturated rings. The topological polar surface area (TPSA) is 40.5 Å². The van der Waals surface area contributed by atoms with Gasteiger partial charge in [-0.25, -0.2) is 4.79 Å². The zero-order valence-electron chi connectivity index (χ0n) is 22.7. The van der Waals surface area contributed by atoms with Crippen LogP contribution in [0.25, 0.3) is 0 Å². The van der Waals surface area contributed by atoms with Crippen LogP contribution in [0.1, 0.15) is 63.1 Å². The van der Waals surface area contributed by atoms with Crippen LogP contribution in [0, 0.1) is 5.92 Å². The van der Waals surface area contributed by atoms with Gasteiger partial charge >= 0.3 is 6.09 Å². The number of aryl methyl sites for hydroxylation is 2. The largest absolute Gasteiger partial charge is 0.465 e. The smallest absolute Gasteiger partial charge is 0.408 e. The standard InChI is InChI=1S/C34H43NO2/c1-34(2,3)35(33(36)37)32(27-31-19-11-6-12-20-31)26-25-30(23-13-21-28-15-7-4-8-16-28)24-14-22-29-17-9-5-10-18-29/h4-12,15-20,25-26,30,32H,13-14,21-24,27H2,1-3H3,(H,36,37). The molecule has 0 heterocycles. The number of hydrogen-bond acceptors (Lipinski definition) is 1. The molecule has 0 saturated carbocycles. The minimum Gasteiger partial charge on any atom is -0.465 e. The van der Waals surface area contributed by atoms with Gasteiger partial charge in [0.25, 0.3) is 0 Å². The number of benzene rings is 3. The first-order valence-electron chi connectivity index (χ1n) is 13.7. The zero-order valence-corrected chi connectivity index (χ0v) is 22.7. The van der Waals surface area contributed by atoms with Crippen molar-refractivity contribution in [3.8, 4) is 0 Å². The zero-order chi connectivity index (χ0) is 26.5. The number of carbonyl (C=O) groups is 1. The average molecular weight is 498 g/mol. The van der Waals surface area contributed by atoms with E-state index in [0.717, 1.165) is 44.1 Å². The van der Waals surface area contributed by atoms with Gasteiger partial charge in [0, 0.05) is 5.54 Å². The molecule has 3 aromatic rings. The molecule has 0 radical (unpaired) electrons. The molecule has 0 aromatic heterocycles. The molecule has 0 saturated heterocycles. The maximum atomic E-state index is 12.4. The second kappa shape index (κ2) is 14.4. The van der Waals surface area contributed by atoms with E-state index >= 15 is 0 Å². The molecule has 3 heteroatoms. The van der Waals surface area contributed by atoms with Gasteiger partial charge in [0.1, 0.15) is 0 Å². The maximum Gasteiger partial charge on any atom is 0.408 e. The Kier molecular flexibility index (Phi) is 11.0. The first kappa shape index (κ1) is 28.2. The van der Waals surface area contributed by atoms with Crippen LogP contribution >= 0.6 is 0 Å². The molecular weight excluding hydrogens is 454 g/mol. The Morgan fingerprint density at radius 1 is 0.730 bits per heavy atom. The molecule has 1 atom stereocenters. The van der Waals surface area contributed by atoms with Crippen LogP contribution in [0.2, 0.25) is 0 Å². The normalized spacial score (nSPS) is 12.6. The minimum absolute atomic E-state index is 0.217. The maximum absolute atomic E-state index is 12.4. The van der Waals surface area contributed by atoms with Crippen molar-refractivity contribution in [2.24, 2.45) is 5.92 Å². The first-order chi connectivity index (χ1) is 17.8. The van der Waals surface area contributed by atoms with Crippen LogP contribution in [0.4, 0.5) is 4.79 Å². The summed E-state index contributed by atoms with van der Waals surface area (Å²) in [5.41, 5.74) is 3.41. The first-order valence-corrected chi connectivity index (χ1v) is 13.7. The van der Waals surface area contributed by atoms with E-state index in [1.54, 1.807) is 4.90 Å². The summed E-state index contributed by atoms with van der Waals surface area (Å²) in [6.45, 7) is 5.93. The fourth-order valence-electron chi connectivity index (χ4n) is 5.08. The molecule has 1 unspecified atom stereocenters. The highest BCUT2D eigenvalue weighted by atomic mass is 16.4. The van der Waals surface area contributed by atoms with Crippen LogP contribution in [0.5, 0.6) is 0 Å². The van der Waals surface area contributed by atoms with E-state index in [0.29, 0.717) is 12.3 Å². The predicted molar refractivity (Wildman–Crippen MR) is 155 cm³/mol. The van der Waals surface area contributed by atoms with Crippen LogP contribution in [-0.4, -0.2) is 27.7 Å². The Hall–Kier alpha value is -3.33. The molecule has 0 spiro atoms. The summed E-state index contributed by atoms with van der Waals surface area (Å²) < 4.78 is 0. The summed E-state index contributed by atoms with van der Waals surface area (Å²) in [7, 11) is 0. The van der Waals surface area contributed by atoms with E-state index in [2.05, 4.69) is 84.9 Å². The molecule has 3 rings (SSSR count). The van der Waals surface area contributed by atoms with E-state index in [9.17, 15) is 9.90 Å².